The first-order valence-corrected chi connectivity index (χ1v) is 7.12. The molecule has 0 radical (unpaired) electrons. The molecule has 2 aliphatic rings. The molecule has 0 saturated heterocycles. The van der Waals surface area contributed by atoms with Crippen molar-refractivity contribution < 1.29 is 9.53 Å². The highest BCUT2D eigenvalue weighted by Gasteiger charge is 2.31. The van der Waals surface area contributed by atoms with Crippen molar-refractivity contribution in [2.75, 3.05) is 13.7 Å². The Morgan fingerprint density at radius 2 is 1.88 bits per heavy atom. The molecule has 1 unspecified atom stereocenters. The summed E-state index contributed by atoms with van der Waals surface area (Å²) in [5.74, 6) is 0.619. The summed E-state index contributed by atoms with van der Waals surface area (Å²) in [5.41, 5.74) is 0. The third-order valence-corrected chi connectivity index (χ3v) is 4.45. The summed E-state index contributed by atoms with van der Waals surface area (Å²) in [6, 6.07) is 0.658. The van der Waals surface area contributed by atoms with Crippen LogP contribution >= 0.6 is 0 Å². The number of rotatable bonds is 5. The molecule has 0 heterocycles. The van der Waals surface area contributed by atoms with Gasteiger partial charge in [0, 0.05) is 12.6 Å². The van der Waals surface area contributed by atoms with E-state index in [1.807, 2.05) is 0 Å². The average Bonchev–Trinajstić information content (AvgIpc) is 2.32. The Balaban J connectivity index is 1.84. The van der Waals surface area contributed by atoms with Gasteiger partial charge in [0.1, 0.15) is 0 Å². The molecule has 0 aromatic rings. The Bertz CT molecular complexity index is 245. The Kier molecular flexibility index (Phi) is 4.84. The Labute approximate surface area is 104 Å². The summed E-state index contributed by atoms with van der Waals surface area (Å²) in [4.78, 5) is 11.9. The Morgan fingerprint density at radius 1 is 1.18 bits per heavy atom. The maximum Gasteiger partial charge on any atom is 0.310 e. The zero-order valence-corrected chi connectivity index (χ0v) is 10.9. The molecule has 0 aliphatic heterocycles. The second kappa shape index (κ2) is 6.39. The molecule has 98 valence electrons. The summed E-state index contributed by atoms with van der Waals surface area (Å²) in [6.07, 6.45) is 10.2. The van der Waals surface area contributed by atoms with E-state index in [0.29, 0.717) is 12.0 Å². The van der Waals surface area contributed by atoms with Crippen LogP contribution in [0.3, 0.4) is 0 Å². The largest absolute Gasteiger partial charge is 0.469 e. The first kappa shape index (κ1) is 12.9. The van der Waals surface area contributed by atoms with Crippen LogP contribution in [-0.4, -0.2) is 25.7 Å². The van der Waals surface area contributed by atoms with Crippen molar-refractivity contribution in [2.45, 2.75) is 57.4 Å². The van der Waals surface area contributed by atoms with Crippen LogP contribution in [0.5, 0.6) is 0 Å². The van der Waals surface area contributed by atoms with Crippen LogP contribution in [0, 0.1) is 11.8 Å². The fourth-order valence-corrected chi connectivity index (χ4v) is 3.04. The summed E-state index contributed by atoms with van der Waals surface area (Å²) < 4.78 is 4.97. The molecule has 0 amide bonds. The summed E-state index contributed by atoms with van der Waals surface area (Å²) in [5, 5.41) is 3.53. The number of hydrogen-bond donors (Lipinski definition) is 1. The molecule has 2 rings (SSSR count). The van der Waals surface area contributed by atoms with Crippen molar-refractivity contribution >= 4 is 5.97 Å². The second-order valence-electron chi connectivity index (χ2n) is 5.56. The number of methoxy groups -OCH3 is 1. The lowest BCUT2D eigenvalue weighted by Crippen LogP contribution is -2.42. The van der Waals surface area contributed by atoms with E-state index < -0.39 is 0 Å². The van der Waals surface area contributed by atoms with E-state index in [-0.39, 0.29) is 11.9 Å². The van der Waals surface area contributed by atoms with Crippen molar-refractivity contribution in [3.8, 4) is 0 Å². The van der Waals surface area contributed by atoms with Crippen molar-refractivity contribution in [3.63, 3.8) is 0 Å². The lowest BCUT2D eigenvalue weighted by atomic mass is 9.79. The predicted molar refractivity (Wildman–Crippen MR) is 67.7 cm³/mol. The van der Waals surface area contributed by atoms with Gasteiger partial charge in [-0.3, -0.25) is 4.79 Å². The third kappa shape index (κ3) is 3.44. The lowest BCUT2D eigenvalue weighted by Gasteiger charge is -2.32. The van der Waals surface area contributed by atoms with Gasteiger partial charge in [-0.1, -0.05) is 25.7 Å². The molecule has 0 aromatic carbocycles. The van der Waals surface area contributed by atoms with Gasteiger partial charge in [-0.05, 0) is 31.6 Å². The van der Waals surface area contributed by atoms with Gasteiger partial charge in [-0.2, -0.15) is 0 Å². The summed E-state index contributed by atoms with van der Waals surface area (Å²) >= 11 is 0. The third-order valence-electron chi connectivity index (χ3n) is 4.45. The minimum atomic E-state index is -0.0104. The fourth-order valence-electron chi connectivity index (χ4n) is 3.04. The normalized spacial score (nSPS) is 24.1. The minimum Gasteiger partial charge on any atom is -0.469 e. The first-order chi connectivity index (χ1) is 8.31. The molecule has 2 fully saturated rings. The van der Waals surface area contributed by atoms with E-state index in [9.17, 15) is 4.79 Å². The summed E-state index contributed by atoms with van der Waals surface area (Å²) in [7, 11) is 1.52. The van der Waals surface area contributed by atoms with E-state index in [2.05, 4.69) is 5.32 Å². The Hall–Kier alpha value is -0.570. The molecule has 17 heavy (non-hydrogen) atoms. The van der Waals surface area contributed by atoms with Crippen LogP contribution in [0.25, 0.3) is 0 Å². The molecule has 1 N–H and O–H groups in total. The van der Waals surface area contributed by atoms with Crippen LogP contribution in [0.4, 0.5) is 0 Å². The average molecular weight is 239 g/mol. The van der Waals surface area contributed by atoms with E-state index in [4.69, 9.17) is 4.74 Å². The molecule has 3 nitrogen and oxygen atoms in total. The van der Waals surface area contributed by atoms with Gasteiger partial charge >= 0.3 is 5.97 Å². The highest BCUT2D eigenvalue weighted by atomic mass is 16.5. The highest BCUT2D eigenvalue weighted by molar-refractivity contribution is 5.72. The van der Waals surface area contributed by atoms with E-state index in [1.165, 1.54) is 58.5 Å². The first-order valence-electron chi connectivity index (χ1n) is 7.12. The van der Waals surface area contributed by atoms with Gasteiger partial charge in [-0.25, -0.2) is 0 Å². The molecule has 2 saturated carbocycles. The molecule has 0 aromatic heterocycles. The highest BCUT2D eigenvalue weighted by Crippen LogP contribution is 2.31. The molecular formula is C14H25NO2. The molecule has 2 aliphatic carbocycles. The second-order valence-corrected chi connectivity index (χ2v) is 5.56. The van der Waals surface area contributed by atoms with Crippen molar-refractivity contribution in [3.05, 3.63) is 0 Å². The fraction of sp³-hybridized carbons (Fsp3) is 0.929. The number of carbonyl (C=O) groups is 1. The maximum atomic E-state index is 11.9. The predicted octanol–water partition coefficient (Wildman–Crippen LogP) is 2.50. The molecule has 1 atom stereocenters. The zero-order chi connectivity index (χ0) is 12.1. The van der Waals surface area contributed by atoms with Crippen LogP contribution in [-0.2, 0) is 9.53 Å². The van der Waals surface area contributed by atoms with Crippen LogP contribution in [0.1, 0.15) is 51.4 Å². The number of ether oxygens (including phenoxy) is 1. The van der Waals surface area contributed by atoms with Gasteiger partial charge in [0.25, 0.3) is 0 Å². The van der Waals surface area contributed by atoms with Gasteiger partial charge in [0.2, 0.25) is 0 Å². The summed E-state index contributed by atoms with van der Waals surface area (Å²) in [6.45, 7) is 0.821. The van der Waals surface area contributed by atoms with Crippen LogP contribution in [0.2, 0.25) is 0 Å². The minimum absolute atomic E-state index is 0.0104. The van der Waals surface area contributed by atoms with Gasteiger partial charge in [0.15, 0.2) is 0 Å². The van der Waals surface area contributed by atoms with Crippen LogP contribution in [0.15, 0.2) is 0 Å². The van der Waals surface area contributed by atoms with Crippen molar-refractivity contribution in [2.24, 2.45) is 11.8 Å². The number of carbonyl (C=O) groups excluding carboxylic acids is 1. The molecule has 0 spiro atoms. The number of hydrogen-bond acceptors (Lipinski definition) is 3. The Morgan fingerprint density at radius 3 is 2.41 bits per heavy atom. The van der Waals surface area contributed by atoms with E-state index in [1.54, 1.807) is 0 Å². The monoisotopic (exact) mass is 239 g/mol. The molecular weight excluding hydrogens is 214 g/mol. The number of nitrogens with one attached hydrogen (secondary N) is 1. The molecule has 0 bridgehead atoms. The van der Waals surface area contributed by atoms with Gasteiger partial charge in [-0.15, -0.1) is 0 Å². The number of esters is 1. The van der Waals surface area contributed by atoms with E-state index in [0.717, 1.165) is 6.54 Å². The maximum absolute atomic E-state index is 11.9. The van der Waals surface area contributed by atoms with E-state index >= 15 is 0 Å². The lowest BCUT2D eigenvalue weighted by molar-refractivity contribution is -0.147. The van der Waals surface area contributed by atoms with Gasteiger partial charge < -0.3 is 10.1 Å². The quantitative estimate of drug-likeness (QED) is 0.749. The van der Waals surface area contributed by atoms with Crippen LogP contribution < -0.4 is 5.32 Å². The molecule has 3 heteroatoms. The standard InChI is InChI=1S/C14H25NO2/c1-17-14(16)13(10-15-12-8-5-9-12)11-6-3-2-4-7-11/h11-13,15H,2-10H2,1H3. The zero-order valence-electron chi connectivity index (χ0n) is 10.9. The topological polar surface area (TPSA) is 38.3 Å². The van der Waals surface area contributed by atoms with Crippen molar-refractivity contribution in [1.29, 1.82) is 0 Å². The van der Waals surface area contributed by atoms with Crippen molar-refractivity contribution in [1.82, 2.24) is 5.32 Å². The van der Waals surface area contributed by atoms with Gasteiger partial charge in [0.05, 0.1) is 13.0 Å². The SMILES string of the molecule is COC(=O)C(CNC1CCC1)C1CCCCC1. The smallest absolute Gasteiger partial charge is 0.310 e.